The van der Waals surface area contributed by atoms with Crippen LogP contribution in [-0.2, 0) is 16.1 Å². The summed E-state index contributed by atoms with van der Waals surface area (Å²) in [4.78, 5) is 15.0. The summed E-state index contributed by atoms with van der Waals surface area (Å²) in [6.07, 6.45) is 1.86. The summed E-state index contributed by atoms with van der Waals surface area (Å²) >= 11 is 6.17. The van der Waals surface area contributed by atoms with Crippen LogP contribution in [0.25, 0.3) is 0 Å². The van der Waals surface area contributed by atoms with E-state index in [1.165, 1.54) is 11.1 Å². The van der Waals surface area contributed by atoms with E-state index in [9.17, 15) is 4.79 Å². The molecule has 2 aromatic rings. The number of carbonyl (C=O) groups is 1. The summed E-state index contributed by atoms with van der Waals surface area (Å²) in [5.41, 5.74) is 2.47. The Labute approximate surface area is 166 Å². The van der Waals surface area contributed by atoms with Gasteiger partial charge in [-0.2, -0.15) is 0 Å². The van der Waals surface area contributed by atoms with Gasteiger partial charge in [-0.05, 0) is 36.1 Å². The predicted octanol–water partition coefficient (Wildman–Crippen LogP) is 4.06. The van der Waals surface area contributed by atoms with Gasteiger partial charge in [0.25, 0.3) is 0 Å². The third-order valence-electron chi connectivity index (χ3n) is 5.12. The van der Waals surface area contributed by atoms with Crippen molar-refractivity contribution in [2.75, 3.05) is 26.8 Å². The Kier molecular flexibility index (Phi) is 7.27. The highest BCUT2D eigenvalue weighted by molar-refractivity contribution is 6.30. The van der Waals surface area contributed by atoms with Gasteiger partial charge in [0.05, 0.1) is 12.5 Å². The van der Waals surface area contributed by atoms with E-state index in [1.54, 1.807) is 7.11 Å². The van der Waals surface area contributed by atoms with E-state index in [-0.39, 0.29) is 11.8 Å². The smallest absolute Gasteiger partial charge is 0.224 e. The fourth-order valence-corrected chi connectivity index (χ4v) is 3.99. The predicted molar refractivity (Wildman–Crippen MR) is 109 cm³/mol. The Hall–Kier alpha value is -1.88. The van der Waals surface area contributed by atoms with Crippen LogP contribution >= 0.6 is 11.6 Å². The monoisotopic (exact) mass is 386 g/mol. The third-order valence-corrected chi connectivity index (χ3v) is 5.35. The van der Waals surface area contributed by atoms with Gasteiger partial charge in [0.1, 0.15) is 0 Å². The topological polar surface area (TPSA) is 41.6 Å². The first-order chi connectivity index (χ1) is 13.2. The first kappa shape index (κ1) is 19.9. The van der Waals surface area contributed by atoms with E-state index in [0.717, 1.165) is 31.0 Å². The van der Waals surface area contributed by atoms with Crippen molar-refractivity contribution in [1.82, 2.24) is 10.2 Å². The summed E-state index contributed by atoms with van der Waals surface area (Å²) in [5, 5.41) is 3.73. The van der Waals surface area contributed by atoms with Crippen LogP contribution in [-0.4, -0.2) is 37.6 Å². The summed E-state index contributed by atoms with van der Waals surface area (Å²) in [6, 6.07) is 18.8. The largest absolute Gasteiger partial charge is 0.383 e. The van der Waals surface area contributed by atoms with E-state index < -0.39 is 0 Å². The Morgan fingerprint density at radius 3 is 2.74 bits per heavy atom. The first-order valence-corrected chi connectivity index (χ1v) is 9.85. The van der Waals surface area contributed by atoms with Crippen molar-refractivity contribution in [2.24, 2.45) is 5.92 Å². The zero-order chi connectivity index (χ0) is 19.1. The minimum Gasteiger partial charge on any atom is -0.383 e. The van der Waals surface area contributed by atoms with Crippen molar-refractivity contribution in [1.29, 1.82) is 0 Å². The molecule has 1 aliphatic rings. The van der Waals surface area contributed by atoms with E-state index in [1.807, 2.05) is 24.3 Å². The second kappa shape index (κ2) is 9.88. The molecule has 0 saturated carbocycles. The molecule has 0 unspecified atom stereocenters. The van der Waals surface area contributed by atoms with Gasteiger partial charge in [-0.25, -0.2) is 0 Å². The van der Waals surface area contributed by atoms with Crippen molar-refractivity contribution >= 4 is 17.5 Å². The number of carbonyl (C=O) groups excluding carboxylic acids is 1. The Balaban J connectivity index is 1.74. The Morgan fingerprint density at radius 2 is 2.00 bits per heavy atom. The lowest BCUT2D eigenvalue weighted by Gasteiger charge is -2.39. The van der Waals surface area contributed by atoms with Gasteiger partial charge in [0, 0.05) is 37.8 Å². The van der Waals surface area contributed by atoms with Crippen molar-refractivity contribution in [2.45, 2.75) is 25.4 Å². The van der Waals surface area contributed by atoms with Gasteiger partial charge in [0.15, 0.2) is 0 Å². The maximum absolute atomic E-state index is 12.6. The highest BCUT2D eigenvalue weighted by Gasteiger charge is 2.32. The lowest BCUT2D eigenvalue weighted by molar-refractivity contribution is -0.127. The van der Waals surface area contributed by atoms with Gasteiger partial charge in [0.2, 0.25) is 5.91 Å². The molecular formula is C22H27ClN2O2. The molecule has 3 rings (SSSR count). The highest BCUT2D eigenvalue weighted by Crippen LogP contribution is 2.34. The maximum Gasteiger partial charge on any atom is 0.224 e. The second-order valence-electron chi connectivity index (χ2n) is 7.04. The number of hydrogen-bond acceptors (Lipinski definition) is 3. The number of piperidine rings is 1. The summed E-state index contributed by atoms with van der Waals surface area (Å²) in [7, 11) is 1.64. The molecule has 0 bridgehead atoms. The zero-order valence-corrected chi connectivity index (χ0v) is 16.5. The van der Waals surface area contributed by atoms with E-state index in [4.69, 9.17) is 16.3 Å². The average Bonchev–Trinajstić information content (AvgIpc) is 2.69. The van der Waals surface area contributed by atoms with E-state index in [2.05, 4.69) is 40.5 Å². The molecule has 1 saturated heterocycles. The standard InChI is InChI=1S/C22H27ClN2O2/c1-27-13-12-24-22(26)19-10-11-21(18-7-3-2-4-8-18)25(16-19)15-17-6-5-9-20(23)14-17/h2-9,14,19,21H,10-13,15-16H2,1H3,(H,24,26)/t19-,21+/m1/s1. The Bertz CT molecular complexity index is 738. The number of ether oxygens (including phenoxy) is 1. The molecule has 2 atom stereocenters. The summed E-state index contributed by atoms with van der Waals surface area (Å²) in [5.74, 6) is 0.121. The van der Waals surface area contributed by atoms with Crippen LogP contribution in [0.2, 0.25) is 5.02 Å². The fourth-order valence-electron chi connectivity index (χ4n) is 3.78. The van der Waals surface area contributed by atoms with Crippen molar-refractivity contribution in [3.05, 3.63) is 70.7 Å². The van der Waals surface area contributed by atoms with Crippen molar-refractivity contribution in [3.63, 3.8) is 0 Å². The van der Waals surface area contributed by atoms with Crippen LogP contribution in [0.4, 0.5) is 0 Å². The average molecular weight is 387 g/mol. The van der Waals surface area contributed by atoms with Gasteiger partial charge < -0.3 is 10.1 Å². The van der Waals surface area contributed by atoms with Crippen LogP contribution < -0.4 is 5.32 Å². The summed E-state index contributed by atoms with van der Waals surface area (Å²) in [6.45, 7) is 2.62. The minimum atomic E-state index is 0.000928. The van der Waals surface area contributed by atoms with Crippen molar-refractivity contribution < 1.29 is 9.53 Å². The zero-order valence-electron chi connectivity index (χ0n) is 15.7. The first-order valence-electron chi connectivity index (χ1n) is 9.47. The number of hydrogen-bond donors (Lipinski definition) is 1. The molecule has 0 aromatic heterocycles. The van der Waals surface area contributed by atoms with Crippen LogP contribution in [0.15, 0.2) is 54.6 Å². The van der Waals surface area contributed by atoms with Crippen LogP contribution in [0, 0.1) is 5.92 Å². The van der Waals surface area contributed by atoms with E-state index in [0.29, 0.717) is 19.2 Å². The number of likely N-dealkylation sites (tertiary alicyclic amines) is 1. The third kappa shape index (κ3) is 5.55. The molecule has 1 amide bonds. The van der Waals surface area contributed by atoms with E-state index >= 15 is 0 Å². The number of amides is 1. The van der Waals surface area contributed by atoms with Crippen molar-refractivity contribution in [3.8, 4) is 0 Å². The molecule has 2 aromatic carbocycles. The molecule has 0 aliphatic carbocycles. The number of rotatable bonds is 7. The van der Waals surface area contributed by atoms with Gasteiger partial charge in [-0.3, -0.25) is 9.69 Å². The van der Waals surface area contributed by atoms with Crippen LogP contribution in [0.3, 0.4) is 0 Å². The number of methoxy groups -OCH3 is 1. The number of benzene rings is 2. The van der Waals surface area contributed by atoms with Gasteiger partial charge in [-0.15, -0.1) is 0 Å². The van der Waals surface area contributed by atoms with Gasteiger partial charge >= 0.3 is 0 Å². The molecule has 27 heavy (non-hydrogen) atoms. The quantitative estimate of drug-likeness (QED) is 0.730. The maximum atomic E-state index is 12.6. The number of halogens is 1. The SMILES string of the molecule is COCCNC(=O)[C@@H]1CC[C@@H](c2ccccc2)N(Cc2cccc(Cl)c2)C1. The lowest BCUT2D eigenvalue weighted by Crippen LogP contribution is -2.44. The van der Waals surface area contributed by atoms with Crippen LogP contribution in [0.5, 0.6) is 0 Å². The molecule has 0 spiro atoms. The molecule has 5 heteroatoms. The van der Waals surface area contributed by atoms with Gasteiger partial charge in [-0.1, -0.05) is 54.1 Å². The molecule has 0 radical (unpaired) electrons. The molecule has 1 heterocycles. The molecular weight excluding hydrogens is 360 g/mol. The molecule has 4 nitrogen and oxygen atoms in total. The normalized spacial score (nSPS) is 20.4. The number of nitrogens with one attached hydrogen (secondary N) is 1. The Morgan fingerprint density at radius 1 is 1.19 bits per heavy atom. The van der Waals surface area contributed by atoms with Crippen LogP contribution in [0.1, 0.15) is 30.0 Å². The number of nitrogens with zero attached hydrogens (tertiary/aromatic N) is 1. The summed E-state index contributed by atoms with van der Waals surface area (Å²) < 4.78 is 5.03. The molecule has 1 fully saturated rings. The fraction of sp³-hybridized carbons (Fsp3) is 0.409. The highest BCUT2D eigenvalue weighted by atomic mass is 35.5. The lowest BCUT2D eigenvalue weighted by atomic mass is 9.88. The molecule has 144 valence electrons. The molecule has 1 N–H and O–H groups in total. The minimum absolute atomic E-state index is 0.000928. The molecule has 1 aliphatic heterocycles. The second-order valence-corrected chi connectivity index (χ2v) is 7.48.